The molecule has 2 atom stereocenters. The van der Waals surface area contributed by atoms with Gasteiger partial charge in [0.2, 0.25) is 0 Å². The first-order valence-corrected chi connectivity index (χ1v) is 10.7. The molecule has 0 radical (unpaired) electrons. The third kappa shape index (κ3) is 4.31. The minimum atomic E-state index is -0.245. The first-order chi connectivity index (χ1) is 15.1. The molecule has 1 heterocycles. The van der Waals surface area contributed by atoms with Crippen molar-refractivity contribution in [2.45, 2.75) is 32.5 Å². The molecule has 2 amide bonds. The van der Waals surface area contributed by atoms with Gasteiger partial charge in [0.15, 0.2) is 0 Å². The molecule has 0 spiro atoms. The van der Waals surface area contributed by atoms with E-state index in [0.717, 1.165) is 28.8 Å². The predicted octanol–water partition coefficient (Wildman–Crippen LogP) is 5.15. The molecule has 3 aromatic carbocycles. The van der Waals surface area contributed by atoms with Gasteiger partial charge in [0, 0.05) is 28.9 Å². The molecule has 5 heteroatoms. The van der Waals surface area contributed by atoms with Crippen molar-refractivity contribution >= 4 is 17.5 Å². The topological polar surface area (TPSA) is 61.4 Å². The zero-order chi connectivity index (χ0) is 21.8. The summed E-state index contributed by atoms with van der Waals surface area (Å²) in [6.07, 6.45) is 0.628. The molecular weight excluding hydrogens is 386 g/mol. The second-order valence-electron chi connectivity index (χ2n) is 7.82. The number of carbonyl (C=O) groups is 2. The molecule has 3 aromatic rings. The highest BCUT2D eigenvalue weighted by Crippen LogP contribution is 2.34. The number of anilines is 1. The Morgan fingerprint density at radius 1 is 1.00 bits per heavy atom. The van der Waals surface area contributed by atoms with Crippen molar-refractivity contribution in [3.63, 3.8) is 0 Å². The van der Waals surface area contributed by atoms with Crippen molar-refractivity contribution in [2.75, 3.05) is 11.9 Å². The molecule has 1 aliphatic heterocycles. The Morgan fingerprint density at radius 2 is 1.74 bits per heavy atom. The van der Waals surface area contributed by atoms with Gasteiger partial charge in [0.25, 0.3) is 11.8 Å². The number of nitrogens with one attached hydrogen (secondary N) is 2. The van der Waals surface area contributed by atoms with E-state index in [0.29, 0.717) is 12.1 Å². The number of amides is 2. The van der Waals surface area contributed by atoms with Crippen molar-refractivity contribution in [1.29, 1.82) is 0 Å². The number of fused-ring (bicyclic) bond motifs is 1. The SMILES string of the molecule is CCCN1C(=O)c2ccccc2[C@H]1Nc1cccc(C(=O)N[C@@H](C)c2ccccc2)c1. The summed E-state index contributed by atoms with van der Waals surface area (Å²) in [6, 6.07) is 24.9. The van der Waals surface area contributed by atoms with Gasteiger partial charge in [-0.3, -0.25) is 9.59 Å². The average molecular weight is 414 g/mol. The van der Waals surface area contributed by atoms with Gasteiger partial charge in [0.1, 0.15) is 6.17 Å². The van der Waals surface area contributed by atoms with Gasteiger partial charge >= 0.3 is 0 Å². The lowest BCUT2D eigenvalue weighted by Gasteiger charge is -2.27. The van der Waals surface area contributed by atoms with Crippen LogP contribution in [0.25, 0.3) is 0 Å². The van der Waals surface area contributed by atoms with Crippen LogP contribution in [0.5, 0.6) is 0 Å². The zero-order valence-corrected chi connectivity index (χ0v) is 17.8. The van der Waals surface area contributed by atoms with Gasteiger partial charge in [-0.25, -0.2) is 0 Å². The molecule has 0 saturated heterocycles. The Balaban J connectivity index is 1.53. The number of carbonyl (C=O) groups excluding carboxylic acids is 2. The smallest absolute Gasteiger partial charge is 0.256 e. The van der Waals surface area contributed by atoms with E-state index in [4.69, 9.17) is 0 Å². The average Bonchev–Trinajstić information content (AvgIpc) is 3.06. The van der Waals surface area contributed by atoms with Crippen LogP contribution in [0, 0.1) is 0 Å². The van der Waals surface area contributed by atoms with Crippen molar-refractivity contribution < 1.29 is 9.59 Å². The molecule has 0 aromatic heterocycles. The predicted molar refractivity (Wildman–Crippen MR) is 123 cm³/mol. The normalized spacial score (nSPS) is 16.0. The highest BCUT2D eigenvalue weighted by atomic mass is 16.2. The third-order valence-electron chi connectivity index (χ3n) is 5.60. The van der Waals surface area contributed by atoms with Crippen LogP contribution in [0.4, 0.5) is 5.69 Å². The maximum atomic E-state index is 12.8. The number of hydrogen-bond acceptors (Lipinski definition) is 3. The lowest BCUT2D eigenvalue weighted by molar-refractivity contribution is 0.0742. The van der Waals surface area contributed by atoms with Crippen molar-refractivity contribution in [3.05, 3.63) is 101 Å². The molecule has 31 heavy (non-hydrogen) atoms. The maximum Gasteiger partial charge on any atom is 0.256 e. The Kier molecular flexibility index (Phi) is 6.03. The van der Waals surface area contributed by atoms with Gasteiger partial charge in [0.05, 0.1) is 6.04 Å². The first-order valence-electron chi connectivity index (χ1n) is 10.7. The van der Waals surface area contributed by atoms with Crippen molar-refractivity contribution in [3.8, 4) is 0 Å². The summed E-state index contributed by atoms with van der Waals surface area (Å²) in [4.78, 5) is 27.5. The number of nitrogens with zero attached hydrogens (tertiary/aromatic N) is 1. The Hall–Kier alpha value is -3.60. The molecule has 0 bridgehead atoms. The first kappa shape index (κ1) is 20.7. The van der Waals surface area contributed by atoms with Crippen molar-refractivity contribution in [1.82, 2.24) is 10.2 Å². The second kappa shape index (κ2) is 9.04. The summed E-state index contributed by atoms with van der Waals surface area (Å²) in [5, 5.41) is 6.52. The van der Waals surface area contributed by atoms with Crippen molar-refractivity contribution in [2.24, 2.45) is 0 Å². The van der Waals surface area contributed by atoms with Crippen LogP contribution in [-0.4, -0.2) is 23.3 Å². The van der Waals surface area contributed by atoms with Crippen LogP contribution in [0.3, 0.4) is 0 Å². The molecule has 0 aliphatic carbocycles. The van der Waals surface area contributed by atoms with E-state index in [2.05, 4.69) is 17.6 Å². The quantitative estimate of drug-likeness (QED) is 0.563. The summed E-state index contributed by atoms with van der Waals surface area (Å²) in [5.41, 5.74) is 4.14. The molecule has 2 N–H and O–H groups in total. The molecule has 0 fully saturated rings. The van der Waals surface area contributed by atoms with Gasteiger partial charge in [-0.05, 0) is 43.2 Å². The zero-order valence-electron chi connectivity index (χ0n) is 17.8. The molecule has 158 valence electrons. The van der Waals surface area contributed by atoms with Crippen LogP contribution < -0.4 is 10.6 Å². The fraction of sp³-hybridized carbons (Fsp3) is 0.231. The number of benzene rings is 3. The summed E-state index contributed by atoms with van der Waals surface area (Å²) >= 11 is 0. The summed E-state index contributed by atoms with van der Waals surface area (Å²) in [6.45, 7) is 4.70. The van der Waals surface area contributed by atoms with E-state index >= 15 is 0 Å². The van der Waals surface area contributed by atoms with E-state index in [-0.39, 0.29) is 24.0 Å². The summed E-state index contributed by atoms with van der Waals surface area (Å²) in [5.74, 6) is -0.0890. The number of rotatable bonds is 7. The van der Waals surface area contributed by atoms with E-state index < -0.39 is 0 Å². The summed E-state index contributed by atoms with van der Waals surface area (Å²) < 4.78 is 0. The molecule has 0 unspecified atom stereocenters. The van der Waals surface area contributed by atoms with Gasteiger partial charge in [-0.1, -0.05) is 61.5 Å². The van der Waals surface area contributed by atoms with E-state index in [9.17, 15) is 9.59 Å². The van der Waals surface area contributed by atoms with Gasteiger partial charge in [-0.2, -0.15) is 0 Å². The van der Waals surface area contributed by atoms with E-state index in [1.54, 1.807) is 6.07 Å². The largest absolute Gasteiger partial charge is 0.361 e. The van der Waals surface area contributed by atoms with Crippen LogP contribution in [0.2, 0.25) is 0 Å². The van der Waals surface area contributed by atoms with Crippen LogP contribution in [0.1, 0.15) is 64.3 Å². The fourth-order valence-corrected chi connectivity index (χ4v) is 4.01. The summed E-state index contributed by atoms with van der Waals surface area (Å²) in [7, 11) is 0. The molecule has 5 nitrogen and oxygen atoms in total. The molecular formula is C26H27N3O2. The molecule has 1 aliphatic rings. The Bertz CT molecular complexity index is 1080. The maximum absolute atomic E-state index is 12.8. The monoisotopic (exact) mass is 413 g/mol. The fourth-order valence-electron chi connectivity index (χ4n) is 4.01. The van der Waals surface area contributed by atoms with Gasteiger partial charge in [-0.15, -0.1) is 0 Å². The highest BCUT2D eigenvalue weighted by Gasteiger charge is 2.35. The minimum absolute atomic E-state index is 0.0422. The van der Waals surface area contributed by atoms with Gasteiger partial charge < -0.3 is 15.5 Å². The highest BCUT2D eigenvalue weighted by molar-refractivity contribution is 5.99. The lowest BCUT2D eigenvalue weighted by Crippen LogP contribution is -2.33. The minimum Gasteiger partial charge on any atom is -0.361 e. The molecule has 4 rings (SSSR count). The van der Waals surface area contributed by atoms with E-state index in [1.807, 2.05) is 84.6 Å². The second-order valence-corrected chi connectivity index (χ2v) is 7.82. The Morgan fingerprint density at radius 3 is 2.52 bits per heavy atom. The third-order valence-corrected chi connectivity index (χ3v) is 5.60. The lowest BCUT2D eigenvalue weighted by atomic mass is 10.1. The standard InChI is InChI=1S/C26H27N3O2/c1-3-16-29-24(22-14-7-8-15-23(22)26(29)31)28-21-13-9-12-20(17-21)25(30)27-18(2)19-10-5-4-6-11-19/h4-15,17-18,24,28H,3,16H2,1-2H3,(H,27,30)/t18-,24-/m0/s1. The molecule has 0 saturated carbocycles. The number of hydrogen-bond donors (Lipinski definition) is 2. The van der Waals surface area contributed by atoms with Crippen LogP contribution >= 0.6 is 0 Å². The Labute approximate surface area is 183 Å². The van der Waals surface area contributed by atoms with Crippen LogP contribution in [-0.2, 0) is 0 Å². The van der Waals surface area contributed by atoms with E-state index in [1.165, 1.54) is 0 Å². The van der Waals surface area contributed by atoms with Crippen LogP contribution in [0.15, 0.2) is 78.9 Å².